The van der Waals surface area contributed by atoms with Crippen LogP contribution in [0.4, 0.5) is 0 Å². The topological polar surface area (TPSA) is 43.9 Å². The number of rotatable bonds is 6. The molecular formula is C45H39IrN3OSSi-2. The van der Waals surface area contributed by atoms with E-state index in [1.807, 2.05) is 42.5 Å². The Hall–Kier alpha value is -4.65. The molecule has 9 aromatic rings. The number of para-hydroxylation sites is 3. The molecule has 0 fully saturated rings. The summed E-state index contributed by atoms with van der Waals surface area (Å²) in [5.41, 5.74) is 9.47. The molecule has 52 heavy (non-hydrogen) atoms. The molecule has 1 radical (unpaired) electrons. The van der Waals surface area contributed by atoms with Crippen molar-refractivity contribution in [1.29, 1.82) is 0 Å². The number of imidazole rings is 1. The SMILES string of the molecule is CC(C)Cc1cc(-c2[c-]cccc2)ncc1[Si](C)(C)C.[Ir].[c-]1sc2ccccc2c1-c1nc2ccccc2n1-c1ccc2c(c1)oc1ccccc12. The summed E-state index contributed by atoms with van der Waals surface area (Å²) < 4.78 is 9.59. The summed E-state index contributed by atoms with van der Waals surface area (Å²) in [5.74, 6) is 1.56. The minimum atomic E-state index is -1.34. The Morgan fingerprint density at radius 2 is 1.52 bits per heavy atom. The average molecular weight is 890 g/mol. The maximum Gasteiger partial charge on any atom is 0.137 e. The summed E-state index contributed by atoms with van der Waals surface area (Å²) in [6.07, 6.45) is 3.24. The molecule has 0 amide bonds. The number of thiophene rings is 1. The van der Waals surface area contributed by atoms with E-state index in [0.717, 1.165) is 67.7 Å². The van der Waals surface area contributed by atoms with Crippen molar-refractivity contribution in [2.24, 2.45) is 5.92 Å². The molecule has 261 valence electrons. The van der Waals surface area contributed by atoms with Crippen LogP contribution in [0.15, 0.2) is 132 Å². The van der Waals surface area contributed by atoms with Gasteiger partial charge in [0.25, 0.3) is 0 Å². The van der Waals surface area contributed by atoms with Gasteiger partial charge in [-0.2, -0.15) is 0 Å². The molecule has 0 saturated carbocycles. The molecule has 0 spiro atoms. The van der Waals surface area contributed by atoms with Gasteiger partial charge in [0.1, 0.15) is 11.2 Å². The van der Waals surface area contributed by atoms with E-state index >= 15 is 0 Å². The molecule has 0 saturated heterocycles. The minimum absolute atomic E-state index is 0. The van der Waals surface area contributed by atoms with Crippen LogP contribution in [0.5, 0.6) is 0 Å². The van der Waals surface area contributed by atoms with Crippen LogP contribution < -0.4 is 5.19 Å². The van der Waals surface area contributed by atoms with Crippen LogP contribution in [-0.2, 0) is 26.5 Å². The van der Waals surface area contributed by atoms with Crippen LogP contribution in [0.1, 0.15) is 19.4 Å². The number of furan rings is 1. The number of hydrogen-bond acceptors (Lipinski definition) is 4. The number of fused-ring (bicyclic) bond motifs is 5. The Labute approximate surface area is 323 Å². The van der Waals surface area contributed by atoms with Crippen molar-refractivity contribution in [1.82, 2.24) is 14.5 Å². The first-order valence-corrected chi connectivity index (χ1v) is 21.8. The summed E-state index contributed by atoms with van der Waals surface area (Å²) >= 11 is 1.63. The Morgan fingerprint density at radius 3 is 2.31 bits per heavy atom. The largest absolute Gasteiger partial charge is 0.456 e. The van der Waals surface area contributed by atoms with Gasteiger partial charge in [0, 0.05) is 48.8 Å². The molecule has 0 aliphatic carbocycles. The second kappa shape index (κ2) is 14.8. The van der Waals surface area contributed by atoms with Crippen LogP contribution in [0.2, 0.25) is 19.6 Å². The molecule has 0 aliphatic rings. The zero-order valence-corrected chi connectivity index (χ0v) is 34.1. The molecular weight excluding hydrogens is 851 g/mol. The molecule has 9 rings (SSSR count). The van der Waals surface area contributed by atoms with Gasteiger partial charge in [-0.3, -0.25) is 16.3 Å². The van der Waals surface area contributed by atoms with Gasteiger partial charge >= 0.3 is 0 Å². The molecule has 0 aliphatic heterocycles. The molecule has 0 atom stereocenters. The van der Waals surface area contributed by atoms with Gasteiger partial charge in [-0.15, -0.1) is 47.3 Å². The molecule has 4 nitrogen and oxygen atoms in total. The van der Waals surface area contributed by atoms with E-state index in [1.54, 1.807) is 11.3 Å². The summed E-state index contributed by atoms with van der Waals surface area (Å²) in [6.45, 7) is 11.7. The van der Waals surface area contributed by atoms with E-state index < -0.39 is 8.07 Å². The maximum atomic E-state index is 6.16. The fourth-order valence-electron chi connectivity index (χ4n) is 6.88. The second-order valence-electron chi connectivity index (χ2n) is 14.5. The van der Waals surface area contributed by atoms with Gasteiger partial charge in [-0.05, 0) is 53.6 Å². The van der Waals surface area contributed by atoms with Gasteiger partial charge in [0.2, 0.25) is 0 Å². The van der Waals surface area contributed by atoms with Gasteiger partial charge in [-0.25, -0.2) is 0 Å². The van der Waals surface area contributed by atoms with Crippen molar-refractivity contribution < 1.29 is 24.5 Å². The van der Waals surface area contributed by atoms with E-state index in [0.29, 0.717) is 5.92 Å². The van der Waals surface area contributed by atoms with Crippen LogP contribution in [-0.4, -0.2) is 22.6 Å². The molecule has 4 heterocycles. The van der Waals surface area contributed by atoms with E-state index in [1.165, 1.54) is 20.8 Å². The molecule has 0 bridgehead atoms. The Balaban J connectivity index is 0.000000175. The average Bonchev–Trinajstić information content (AvgIpc) is 3.84. The first kappa shape index (κ1) is 35.7. The van der Waals surface area contributed by atoms with Crippen LogP contribution in [0, 0.1) is 17.4 Å². The van der Waals surface area contributed by atoms with E-state index in [4.69, 9.17) is 9.40 Å². The predicted octanol–water partition coefficient (Wildman–Crippen LogP) is 11.9. The fourth-order valence-corrected chi connectivity index (χ4v) is 9.31. The molecule has 0 N–H and O–H groups in total. The molecule has 7 heteroatoms. The molecule has 5 aromatic carbocycles. The van der Waals surface area contributed by atoms with Crippen molar-refractivity contribution >= 4 is 67.7 Å². The van der Waals surface area contributed by atoms with Gasteiger partial charge in [-0.1, -0.05) is 109 Å². The minimum Gasteiger partial charge on any atom is -0.456 e. The monoisotopic (exact) mass is 890 g/mol. The molecule has 4 aromatic heterocycles. The van der Waals surface area contributed by atoms with Crippen molar-refractivity contribution in [2.45, 2.75) is 39.9 Å². The third kappa shape index (κ3) is 6.94. The zero-order chi connectivity index (χ0) is 35.1. The Kier molecular flexibility index (Phi) is 10.1. The van der Waals surface area contributed by atoms with Crippen LogP contribution in [0.25, 0.3) is 71.4 Å². The summed E-state index contributed by atoms with van der Waals surface area (Å²) in [5, 5.41) is 8.42. The number of hydrogen-bond donors (Lipinski definition) is 0. The van der Waals surface area contributed by atoms with E-state index in [2.05, 4.69) is 140 Å². The number of benzene rings is 5. The predicted molar refractivity (Wildman–Crippen MR) is 218 cm³/mol. The third-order valence-corrected chi connectivity index (χ3v) is 12.2. The normalized spacial score (nSPS) is 11.7. The van der Waals surface area contributed by atoms with Crippen molar-refractivity contribution in [3.63, 3.8) is 0 Å². The van der Waals surface area contributed by atoms with Gasteiger partial charge < -0.3 is 14.0 Å². The number of nitrogens with zero attached hydrogens (tertiary/aromatic N) is 3. The fraction of sp³-hybridized carbons (Fsp3) is 0.156. The summed E-state index contributed by atoms with van der Waals surface area (Å²) in [4.78, 5) is 9.70. The third-order valence-electron chi connectivity index (χ3n) is 9.24. The van der Waals surface area contributed by atoms with Gasteiger partial charge in [0.15, 0.2) is 0 Å². The summed E-state index contributed by atoms with van der Waals surface area (Å²) in [6, 6.07) is 44.9. The first-order chi connectivity index (χ1) is 24.7. The van der Waals surface area contributed by atoms with Crippen molar-refractivity contribution in [3.05, 3.63) is 145 Å². The van der Waals surface area contributed by atoms with E-state index in [-0.39, 0.29) is 20.1 Å². The van der Waals surface area contributed by atoms with E-state index in [9.17, 15) is 0 Å². The van der Waals surface area contributed by atoms with Crippen molar-refractivity contribution in [3.8, 4) is 28.3 Å². The Morgan fingerprint density at radius 1 is 0.788 bits per heavy atom. The summed E-state index contributed by atoms with van der Waals surface area (Å²) in [7, 11) is -1.34. The number of pyridine rings is 1. The standard InChI is InChI=1S/C27H15N2OS.C18H24NSi.Ir/c1-5-11-24-18(7-1)19-14-13-17(15-25(19)30-24)29-23-10-4-3-9-22(23)28-27(29)21-16-31-26-12-6-2-8-20(21)26;1-14(2)11-16-12-17(15-9-7-6-8-10-15)19-13-18(16)20(3,4)5;/h1-15H;6-9,12-14H,11H2,1-5H3;/q2*-1;. The number of aromatic nitrogens is 3. The maximum absolute atomic E-state index is 6.16. The van der Waals surface area contributed by atoms with Crippen LogP contribution in [0.3, 0.4) is 0 Å². The first-order valence-electron chi connectivity index (χ1n) is 17.5. The quantitative estimate of drug-likeness (QED) is 0.123. The van der Waals surface area contributed by atoms with Gasteiger partial charge in [0.05, 0.1) is 24.9 Å². The molecule has 0 unspecified atom stereocenters. The Bertz CT molecular complexity index is 2650. The second-order valence-corrected chi connectivity index (χ2v) is 20.4. The smallest absolute Gasteiger partial charge is 0.137 e. The zero-order valence-electron chi connectivity index (χ0n) is 29.9. The van der Waals surface area contributed by atoms with Crippen molar-refractivity contribution in [2.75, 3.05) is 0 Å². The van der Waals surface area contributed by atoms with Crippen LogP contribution >= 0.6 is 11.3 Å².